The number of aromatic hydroxyl groups is 3. The number of nitriles is 2. The highest BCUT2D eigenvalue weighted by Gasteiger charge is 1.96. The molecule has 0 unspecified atom stereocenters. The molecule has 0 radical (unpaired) electrons. The molecule has 5 heteroatoms. The van der Waals surface area contributed by atoms with E-state index in [-0.39, 0.29) is 17.2 Å². The summed E-state index contributed by atoms with van der Waals surface area (Å²) in [5.41, 5.74) is 2.50. The topological polar surface area (TPSA) is 108 Å². The Morgan fingerprint density at radius 1 is 0.593 bits per heavy atom. The van der Waals surface area contributed by atoms with Crippen molar-refractivity contribution >= 4 is 12.2 Å². The van der Waals surface area contributed by atoms with Crippen LogP contribution in [0.3, 0.4) is 0 Å². The predicted octanol–water partition coefficient (Wildman–Crippen LogP) is 4.40. The average molecular weight is 356 g/mol. The van der Waals surface area contributed by atoms with Gasteiger partial charge in [-0.3, -0.25) is 0 Å². The van der Waals surface area contributed by atoms with Crippen LogP contribution in [0.15, 0.2) is 66.7 Å². The summed E-state index contributed by atoms with van der Waals surface area (Å²) in [4.78, 5) is 0. The van der Waals surface area contributed by atoms with Crippen LogP contribution in [0.25, 0.3) is 12.2 Å². The molecule has 3 rings (SSSR count). The molecular formula is C22H16N2O3. The molecule has 0 atom stereocenters. The molecule has 0 aliphatic carbocycles. The van der Waals surface area contributed by atoms with Gasteiger partial charge in [-0.05, 0) is 47.5 Å². The summed E-state index contributed by atoms with van der Waals surface area (Å²) in [7, 11) is 0. The first kappa shape index (κ1) is 19.1. The standard InChI is InChI=1S/C14H12O3.C8H4N2/c15-12-5-3-10(4-6-12)1-2-11-7-13(16)9-14(17)8-11;9-5-7-3-1-2-4-8(7)6-10/h1-9,15-17H;1-4H/b2-1+;. The van der Waals surface area contributed by atoms with Gasteiger partial charge in [0, 0.05) is 6.07 Å². The number of nitrogens with zero attached hydrogens (tertiary/aromatic N) is 2. The maximum atomic E-state index is 9.30. The van der Waals surface area contributed by atoms with Gasteiger partial charge in [-0.2, -0.15) is 10.5 Å². The van der Waals surface area contributed by atoms with Crippen LogP contribution >= 0.6 is 0 Å². The highest BCUT2D eigenvalue weighted by Crippen LogP contribution is 2.22. The SMILES string of the molecule is N#Cc1ccccc1C#N.Oc1ccc(/C=C/c2cc(O)cc(O)c2)cc1. The van der Waals surface area contributed by atoms with Gasteiger partial charge in [-0.25, -0.2) is 0 Å². The van der Waals surface area contributed by atoms with E-state index < -0.39 is 0 Å². The molecule has 0 aliphatic heterocycles. The molecule has 27 heavy (non-hydrogen) atoms. The Labute approximate surface area is 156 Å². The zero-order valence-corrected chi connectivity index (χ0v) is 14.2. The van der Waals surface area contributed by atoms with Gasteiger partial charge < -0.3 is 15.3 Å². The molecule has 0 amide bonds. The van der Waals surface area contributed by atoms with Gasteiger partial charge in [0.1, 0.15) is 29.4 Å². The van der Waals surface area contributed by atoms with Gasteiger partial charge >= 0.3 is 0 Å². The molecule has 0 saturated heterocycles. The van der Waals surface area contributed by atoms with Crippen LogP contribution < -0.4 is 0 Å². The molecule has 3 aromatic carbocycles. The molecule has 0 heterocycles. The molecule has 0 saturated carbocycles. The quantitative estimate of drug-likeness (QED) is 0.590. The largest absolute Gasteiger partial charge is 0.508 e. The Bertz CT molecular complexity index is 973. The van der Waals surface area contributed by atoms with Gasteiger partial charge in [0.2, 0.25) is 0 Å². The summed E-state index contributed by atoms with van der Waals surface area (Å²) in [6.07, 6.45) is 3.60. The first-order valence-electron chi connectivity index (χ1n) is 7.91. The molecule has 3 N–H and O–H groups in total. The van der Waals surface area contributed by atoms with Crippen molar-refractivity contribution in [1.29, 1.82) is 10.5 Å². The minimum Gasteiger partial charge on any atom is -0.508 e. The van der Waals surface area contributed by atoms with E-state index in [0.717, 1.165) is 5.56 Å². The van der Waals surface area contributed by atoms with Gasteiger partial charge in [-0.15, -0.1) is 0 Å². The van der Waals surface area contributed by atoms with Crippen molar-refractivity contribution < 1.29 is 15.3 Å². The first-order valence-corrected chi connectivity index (χ1v) is 7.91. The fourth-order valence-electron chi connectivity index (χ4n) is 2.17. The third kappa shape index (κ3) is 5.97. The molecule has 0 aromatic heterocycles. The summed E-state index contributed by atoms with van der Waals surface area (Å²) in [5.74, 6) is 0.267. The number of benzene rings is 3. The Morgan fingerprint density at radius 3 is 1.56 bits per heavy atom. The van der Waals surface area contributed by atoms with Gasteiger partial charge in [-0.1, -0.05) is 36.4 Å². The normalized spacial score (nSPS) is 9.70. The lowest BCUT2D eigenvalue weighted by atomic mass is 10.1. The lowest BCUT2D eigenvalue weighted by Crippen LogP contribution is -1.79. The molecule has 5 nitrogen and oxygen atoms in total. The van der Waals surface area contributed by atoms with Crippen molar-refractivity contribution in [3.63, 3.8) is 0 Å². The summed E-state index contributed by atoms with van der Waals surface area (Å²) in [6.45, 7) is 0. The molecule has 0 bridgehead atoms. The van der Waals surface area contributed by atoms with E-state index >= 15 is 0 Å². The van der Waals surface area contributed by atoms with E-state index in [1.807, 2.05) is 18.2 Å². The second-order valence-electron chi connectivity index (χ2n) is 5.48. The summed E-state index contributed by atoms with van der Waals surface area (Å²) >= 11 is 0. The van der Waals surface area contributed by atoms with Gasteiger partial charge in [0.25, 0.3) is 0 Å². The van der Waals surface area contributed by atoms with E-state index in [1.54, 1.807) is 66.7 Å². The minimum absolute atomic E-state index is 0.0235. The highest BCUT2D eigenvalue weighted by molar-refractivity contribution is 5.71. The summed E-state index contributed by atoms with van der Waals surface area (Å²) in [5, 5.41) is 44.6. The van der Waals surface area contributed by atoms with Crippen LogP contribution in [0.4, 0.5) is 0 Å². The summed E-state index contributed by atoms with van der Waals surface area (Å²) in [6, 6.07) is 21.7. The zero-order chi connectivity index (χ0) is 19.6. The van der Waals surface area contributed by atoms with Crippen LogP contribution in [0, 0.1) is 22.7 Å². The van der Waals surface area contributed by atoms with E-state index in [1.165, 1.54) is 6.07 Å². The smallest absolute Gasteiger partial charge is 0.119 e. The minimum atomic E-state index is 0.0235. The van der Waals surface area contributed by atoms with E-state index in [2.05, 4.69) is 0 Å². The van der Waals surface area contributed by atoms with Crippen molar-refractivity contribution in [2.75, 3.05) is 0 Å². The number of rotatable bonds is 2. The number of phenolic OH excluding ortho intramolecular Hbond substituents is 3. The monoisotopic (exact) mass is 356 g/mol. The predicted molar refractivity (Wildman–Crippen MR) is 103 cm³/mol. The van der Waals surface area contributed by atoms with Crippen LogP contribution in [-0.2, 0) is 0 Å². The first-order chi connectivity index (χ1) is 13.0. The molecule has 3 aromatic rings. The molecule has 132 valence electrons. The van der Waals surface area contributed by atoms with Crippen molar-refractivity contribution in [1.82, 2.24) is 0 Å². The Hall–Kier alpha value is -4.22. The Kier molecular flexibility index (Phi) is 6.59. The van der Waals surface area contributed by atoms with Crippen molar-refractivity contribution in [3.8, 4) is 29.4 Å². The number of hydrogen-bond donors (Lipinski definition) is 3. The maximum absolute atomic E-state index is 9.30. The maximum Gasteiger partial charge on any atom is 0.119 e. The second kappa shape index (κ2) is 9.31. The van der Waals surface area contributed by atoms with Crippen LogP contribution in [-0.4, -0.2) is 15.3 Å². The Balaban J connectivity index is 0.000000223. The number of hydrogen-bond acceptors (Lipinski definition) is 5. The Morgan fingerprint density at radius 2 is 1.07 bits per heavy atom. The highest BCUT2D eigenvalue weighted by atomic mass is 16.3. The van der Waals surface area contributed by atoms with Crippen LogP contribution in [0.2, 0.25) is 0 Å². The second-order valence-corrected chi connectivity index (χ2v) is 5.48. The zero-order valence-electron chi connectivity index (χ0n) is 14.2. The van der Waals surface area contributed by atoms with Crippen LogP contribution in [0.1, 0.15) is 22.3 Å². The van der Waals surface area contributed by atoms with E-state index in [4.69, 9.17) is 15.6 Å². The van der Waals surface area contributed by atoms with Crippen LogP contribution in [0.5, 0.6) is 17.2 Å². The summed E-state index contributed by atoms with van der Waals surface area (Å²) < 4.78 is 0. The molecule has 0 spiro atoms. The fraction of sp³-hybridized carbons (Fsp3) is 0. The molecule has 0 aliphatic rings. The lowest BCUT2D eigenvalue weighted by Gasteiger charge is -1.98. The van der Waals surface area contributed by atoms with Crippen molar-refractivity contribution in [2.24, 2.45) is 0 Å². The van der Waals surface area contributed by atoms with Crippen molar-refractivity contribution in [3.05, 3.63) is 89.0 Å². The third-order valence-corrected chi connectivity index (χ3v) is 3.45. The third-order valence-electron chi connectivity index (χ3n) is 3.45. The molecule has 0 fully saturated rings. The molecular weight excluding hydrogens is 340 g/mol. The van der Waals surface area contributed by atoms with E-state index in [0.29, 0.717) is 16.7 Å². The lowest BCUT2D eigenvalue weighted by molar-refractivity contribution is 0.450. The van der Waals surface area contributed by atoms with Crippen molar-refractivity contribution in [2.45, 2.75) is 0 Å². The van der Waals surface area contributed by atoms with Gasteiger partial charge in [0.05, 0.1) is 11.1 Å². The number of phenols is 3. The van der Waals surface area contributed by atoms with Gasteiger partial charge in [0.15, 0.2) is 0 Å². The van der Waals surface area contributed by atoms with E-state index in [9.17, 15) is 10.2 Å². The fourth-order valence-corrected chi connectivity index (χ4v) is 2.17. The average Bonchev–Trinajstić information content (AvgIpc) is 2.67.